The third kappa shape index (κ3) is 5.79. The minimum Gasteiger partial charge on any atom is -0.480 e. The van der Waals surface area contributed by atoms with Crippen LogP contribution in [0.25, 0.3) is 0 Å². The first-order valence-electron chi connectivity index (χ1n) is 3.99. The summed E-state index contributed by atoms with van der Waals surface area (Å²) in [5.74, 6) is -1.34. The number of aliphatic carboxylic acids is 2. The summed E-state index contributed by atoms with van der Waals surface area (Å²) >= 11 is 1.29. The molecule has 2 atom stereocenters. The first kappa shape index (κ1) is 13.2. The number of hydrogen-bond donors (Lipinski definition) is 4. The summed E-state index contributed by atoms with van der Waals surface area (Å²) < 4.78 is 0. The van der Waals surface area contributed by atoms with Crippen molar-refractivity contribution >= 4 is 23.7 Å². The number of rotatable bonds is 7. The number of thioether (sulfide) groups is 1. The third-order valence-corrected chi connectivity index (χ3v) is 2.62. The summed E-state index contributed by atoms with van der Waals surface area (Å²) in [4.78, 5) is 20.6. The molecule has 0 fully saturated rings. The molecule has 0 aliphatic heterocycles. The van der Waals surface area contributed by atoms with Crippen molar-refractivity contribution in [2.75, 3.05) is 11.5 Å². The molecule has 0 spiro atoms. The van der Waals surface area contributed by atoms with Gasteiger partial charge in [0.2, 0.25) is 0 Å². The molecule has 6 nitrogen and oxygen atoms in total. The molecule has 0 saturated heterocycles. The van der Waals surface area contributed by atoms with Gasteiger partial charge in [0.15, 0.2) is 0 Å². The van der Waals surface area contributed by atoms with Crippen molar-refractivity contribution in [2.45, 2.75) is 18.5 Å². The van der Waals surface area contributed by atoms with Crippen LogP contribution in [0.1, 0.15) is 6.42 Å². The van der Waals surface area contributed by atoms with E-state index in [0.29, 0.717) is 12.2 Å². The molecule has 6 N–H and O–H groups in total. The van der Waals surface area contributed by atoms with Gasteiger partial charge in [-0.2, -0.15) is 11.8 Å². The lowest BCUT2D eigenvalue weighted by Crippen LogP contribution is -2.33. The second-order valence-electron chi connectivity index (χ2n) is 2.75. The highest BCUT2D eigenvalue weighted by Gasteiger charge is 2.13. The standard InChI is InChI=1S/C7H14N2O4S/c8-4(6(10)11)1-2-14-3-5(9)7(12)13/h4-5H,1-3,8-9H2,(H,10,11)(H,12,13)/t4-,5-/m0/s1/i14+3. The highest BCUT2D eigenvalue weighted by atomic mass is 35.1. The van der Waals surface area contributed by atoms with Gasteiger partial charge in [-0.3, -0.25) is 9.59 Å². The van der Waals surface area contributed by atoms with E-state index in [1.54, 1.807) is 0 Å². The van der Waals surface area contributed by atoms with Crippen molar-refractivity contribution in [2.24, 2.45) is 11.5 Å². The zero-order chi connectivity index (χ0) is 11.1. The van der Waals surface area contributed by atoms with E-state index in [1.807, 2.05) is 0 Å². The van der Waals surface area contributed by atoms with Crippen molar-refractivity contribution in [1.82, 2.24) is 0 Å². The minimum absolute atomic E-state index is 0.266. The molecule has 0 amide bonds. The van der Waals surface area contributed by atoms with Crippen molar-refractivity contribution < 1.29 is 19.8 Å². The van der Waals surface area contributed by atoms with Crippen molar-refractivity contribution in [3.8, 4) is 0 Å². The molecule has 0 unspecified atom stereocenters. The van der Waals surface area contributed by atoms with Crippen LogP contribution in [-0.2, 0) is 9.59 Å². The summed E-state index contributed by atoms with van der Waals surface area (Å²) in [7, 11) is 0. The molecular formula is C7H14N2O4S. The van der Waals surface area contributed by atoms with Gasteiger partial charge in [-0.25, -0.2) is 0 Å². The average molecular weight is 225 g/mol. The van der Waals surface area contributed by atoms with E-state index in [0.717, 1.165) is 0 Å². The Morgan fingerprint density at radius 3 is 2.07 bits per heavy atom. The first-order valence-corrected chi connectivity index (χ1v) is 5.15. The molecule has 0 radical (unpaired) electrons. The summed E-state index contributed by atoms with van der Waals surface area (Å²) in [5, 5.41) is 16.8. The number of carboxylic acid groups (broad SMARTS) is 2. The minimum atomic E-state index is -1.06. The van der Waals surface area contributed by atoms with Gasteiger partial charge in [-0.05, 0) is 12.2 Å². The SMILES string of the molecule is N[C@@H](CC[35S]C[C@H](N)C(=O)O)C(=O)O. The molecule has 7 heteroatoms. The van der Waals surface area contributed by atoms with Crippen molar-refractivity contribution in [1.29, 1.82) is 0 Å². The quantitative estimate of drug-likeness (QED) is 0.406. The monoisotopic (exact) mass is 225 g/mol. The summed E-state index contributed by atoms with van der Waals surface area (Å²) in [5.41, 5.74) is 10.5. The van der Waals surface area contributed by atoms with Gasteiger partial charge in [0.05, 0.1) is 0 Å². The van der Waals surface area contributed by atoms with E-state index < -0.39 is 24.0 Å². The van der Waals surface area contributed by atoms with E-state index in [1.165, 1.54) is 11.8 Å². The van der Waals surface area contributed by atoms with Crippen molar-refractivity contribution in [3.05, 3.63) is 0 Å². The Labute approximate surface area is 85.6 Å². The molecule has 0 aliphatic carbocycles. The van der Waals surface area contributed by atoms with Crippen LogP contribution in [0.15, 0.2) is 0 Å². The van der Waals surface area contributed by atoms with E-state index >= 15 is 0 Å². The lowest BCUT2D eigenvalue weighted by Gasteiger charge is -2.07. The zero-order valence-electron chi connectivity index (χ0n) is 7.55. The number of carboxylic acids is 2. The van der Waals surface area contributed by atoms with Crippen LogP contribution >= 0.6 is 11.8 Å². The van der Waals surface area contributed by atoms with Gasteiger partial charge >= 0.3 is 11.9 Å². The fourth-order valence-corrected chi connectivity index (χ4v) is 1.60. The second-order valence-corrected chi connectivity index (χ2v) is 3.90. The van der Waals surface area contributed by atoms with Gasteiger partial charge in [0.1, 0.15) is 12.1 Å². The average Bonchev–Trinajstić information content (AvgIpc) is 2.11. The topological polar surface area (TPSA) is 127 Å². The normalized spacial score (nSPS) is 14.7. The molecule has 0 bridgehead atoms. The summed E-state index contributed by atoms with van der Waals surface area (Å²) in [6, 6.07) is -1.79. The lowest BCUT2D eigenvalue weighted by atomic mass is 10.2. The maximum absolute atomic E-state index is 10.3. The molecule has 14 heavy (non-hydrogen) atoms. The molecule has 82 valence electrons. The third-order valence-electron chi connectivity index (χ3n) is 1.50. The number of nitrogens with two attached hydrogens (primary N) is 2. The number of hydrogen-bond acceptors (Lipinski definition) is 5. The van der Waals surface area contributed by atoms with Crippen LogP contribution in [0.2, 0.25) is 0 Å². The molecule has 0 aromatic rings. The van der Waals surface area contributed by atoms with Crippen LogP contribution in [0.4, 0.5) is 0 Å². The van der Waals surface area contributed by atoms with E-state index in [4.69, 9.17) is 21.7 Å². The maximum atomic E-state index is 10.3. The van der Waals surface area contributed by atoms with Gasteiger partial charge in [0, 0.05) is 5.75 Å². The van der Waals surface area contributed by atoms with Crippen molar-refractivity contribution in [3.63, 3.8) is 0 Å². The molecule has 0 heterocycles. The van der Waals surface area contributed by atoms with E-state index in [-0.39, 0.29) is 5.75 Å². The van der Waals surface area contributed by atoms with Gasteiger partial charge < -0.3 is 21.7 Å². The van der Waals surface area contributed by atoms with Crippen LogP contribution in [0.5, 0.6) is 0 Å². The Kier molecular flexibility index (Phi) is 6.26. The van der Waals surface area contributed by atoms with Crippen LogP contribution in [0, 0.1) is 0 Å². The maximum Gasteiger partial charge on any atom is 0.321 e. The summed E-state index contributed by atoms with van der Waals surface area (Å²) in [6.45, 7) is 0. The molecule has 0 rings (SSSR count). The van der Waals surface area contributed by atoms with Crippen LogP contribution in [0.3, 0.4) is 0 Å². The highest BCUT2D eigenvalue weighted by molar-refractivity contribution is 7.99. The van der Waals surface area contributed by atoms with Crippen LogP contribution in [-0.4, -0.2) is 45.7 Å². The Balaban J connectivity index is 3.47. The smallest absolute Gasteiger partial charge is 0.321 e. The molecular weight excluding hydrogens is 211 g/mol. The van der Waals surface area contributed by atoms with E-state index in [2.05, 4.69) is 0 Å². The largest absolute Gasteiger partial charge is 0.480 e. The molecule has 0 aromatic heterocycles. The molecule has 0 saturated carbocycles. The van der Waals surface area contributed by atoms with E-state index in [9.17, 15) is 9.59 Å². The van der Waals surface area contributed by atoms with Gasteiger partial charge in [-0.1, -0.05) is 0 Å². The predicted octanol–water partition coefficient (Wildman–Crippen LogP) is -1.07. The molecule has 0 aromatic carbocycles. The fourth-order valence-electron chi connectivity index (χ4n) is 0.615. The number of carbonyl (C=O) groups is 2. The second kappa shape index (κ2) is 6.63. The zero-order valence-corrected chi connectivity index (χ0v) is 8.37. The Bertz CT molecular complexity index is 190. The molecule has 0 aliphatic rings. The first-order chi connectivity index (χ1) is 6.45. The fraction of sp³-hybridized carbons (Fsp3) is 0.714. The Morgan fingerprint density at radius 1 is 1.14 bits per heavy atom. The van der Waals surface area contributed by atoms with Crippen LogP contribution < -0.4 is 11.5 Å². The Hall–Kier alpha value is -0.790. The Morgan fingerprint density at radius 2 is 1.64 bits per heavy atom. The predicted molar refractivity (Wildman–Crippen MR) is 53.2 cm³/mol. The van der Waals surface area contributed by atoms with Gasteiger partial charge in [-0.15, -0.1) is 0 Å². The summed E-state index contributed by atoms with van der Waals surface area (Å²) in [6.07, 6.45) is 0.312. The highest BCUT2D eigenvalue weighted by Crippen LogP contribution is 2.05. The lowest BCUT2D eigenvalue weighted by molar-refractivity contribution is -0.139. The van der Waals surface area contributed by atoms with Gasteiger partial charge in [0.25, 0.3) is 0 Å².